The Morgan fingerprint density at radius 3 is 2.45 bits per heavy atom. The molecule has 1 aromatic carbocycles. The predicted octanol–water partition coefficient (Wildman–Crippen LogP) is 2.56. The molecule has 0 spiro atoms. The molecule has 2 amide bonds. The molecule has 0 saturated carbocycles. The van der Waals surface area contributed by atoms with Crippen molar-refractivity contribution in [2.75, 3.05) is 10.6 Å². The van der Waals surface area contributed by atoms with Gasteiger partial charge in [-0.05, 0) is 36.4 Å². The summed E-state index contributed by atoms with van der Waals surface area (Å²) in [5.41, 5.74) is 0.249. The lowest BCUT2D eigenvalue weighted by Crippen LogP contribution is -2.21. The summed E-state index contributed by atoms with van der Waals surface area (Å²) >= 11 is 0. The summed E-state index contributed by atoms with van der Waals surface area (Å²) in [5, 5.41) is 13.7. The molecule has 0 radical (unpaired) electrons. The highest BCUT2D eigenvalue weighted by Gasteiger charge is 2.13. The molecular formula is C13H10FN3O3. The lowest BCUT2D eigenvalue weighted by atomic mass is 10.2. The highest BCUT2D eigenvalue weighted by atomic mass is 19.1. The monoisotopic (exact) mass is 275 g/mol. The van der Waals surface area contributed by atoms with Crippen LogP contribution in [0.15, 0.2) is 42.6 Å². The molecule has 0 fully saturated rings. The number of halogens is 1. The molecule has 0 unspecified atom stereocenters. The number of nitrogens with one attached hydrogen (secondary N) is 2. The average Bonchev–Trinajstić information content (AvgIpc) is 2.41. The largest absolute Gasteiger partial charge is 0.478 e. The molecule has 0 aliphatic carbocycles. The number of anilines is 2. The van der Waals surface area contributed by atoms with Gasteiger partial charge in [0.1, 0.15) is 17.2 Å². The molecule has 2 rings (SSSR count). The Bertz CT molecular complexity index is 644. The van der Waals surface area contributed by atoms with Gasteiger partial charge in [-0.1, -0.05) is 0 Å². The van der Waals surface area contributed by atoms with E-state index < -0.39 is 17.8 Å². The maximum Gasteiger partial charge on any atom is 0.339 e. The van der Waals surface area contributed by atoms with Crippen LogP contribution in [0.4, 0.5) is 20.7 Å². The highest BCUT2D eigenvalue weighted by molar-refractivity contribution is 6.03. The van der Waals surface area contributed by atoms with Crippen molar-refractivity contribution in [1.82, 2.24) is 4.98 Å². The average molecular weight is 275 g/mol. The molecule has 0 aliphatic heterocycles. The molecule has 7 heteroatoms. The van der Waals surface area contributed by atoms with E-state index in [9.17, 15) is 14.0 Å². The first-order valence-electron chi connectivity index (χ1n) is 5.58. The first-order chi connectivity index (χ1) is 9.56. The van der Waals surface area contributed by atoms with Gasteiger partial charge in [-0.3, -0.25) is 5.32 Å². The van der Waals surface area contributed by atoms with Gasteiger partial charge in [-0.2, -0.15) is 0 Å². The van der Waals surface area contributed by atoms with Gasteiger partial charge in [0.25, 0.3) is 0 Å². The molecule has 1 heterocycles. The van der Waals surface area contributed by atoms with Gasteiger partial charge in [-0.25, -0.2) is 19.0 Å². The number of hydrogen-bond acceptors (Lipinski definition) is 3. The van der Waals surface area contributed by atoms with Crippen LogP contribution >= 0.6 is 0 Å². The molecule has 0 bridgehead atoms. The number of carbonyl (C=O) groups excluding carboxylic acids is 1. The van der Waals surface area contributed by atoms with Crippen molar-refractivity contribution in [2.24, 2.45) is 0 Å². The number of hydrogen-bond donors (Lipinski definition) is 3. The lowest BCUT2D eigenvalue weighted by molar-refractivity contribution is 0.0697. The quantitative estimate of drug-likeness (QED) is 0.802. The topological polar surface area (TPSA) is 91.3 Å². The molecular weight excluding hydrogens is 265 g/mol. The van der Waals surface area contributed by atoms with Crippen LogP contribution in [0.5, 0.6) is 0 Å². The lowest BCUT2D eigenvalue weighted by Gasteiger charge is -2.08. The molecule has 0 saturated heterocycles. The van der Waals surface area contributed by atoms with Crippen molar-refractivity contribution in [1.29, 1.82) is 0 Å². The predicted molar refractivity (Wildman–Crippen MR) is 70.2 cm³/mol. The van der Waals surface area contributed by atoms with E-state index in [1.807, 2.05) is 0 Å². The minimum atomic E-state index is -1.20. The first-order valence-corrected chi connectivity index (χ1v) is 5.58. The zero-order valence-electron chi connectivity index (χ0n) is 10.1. The number of pyridine rings is 1. The van der Waals surface area contributed by atoms with Crippen molar-refractivity contribution in [3.8, 4) is 0 Å². The van der Waals surface area contributed by atoms with E-state index in [0.717, 1.165) is 0 Å². The Balaban J connectivity index is 2.08. The summed E-state index contributed by atoms with van der Waals surface area (Å²) in [6.07, 6.45) is 1.36. The Labute approximate surface area is 113 Å². The number of nitrogens with zero attached hydrogens (tertiary/aromatic N) is 1. The van der Waals surface area contributed by atoms with Gasteiger partial charge in [0, 0.05) is 11.9 Å². The van der Waals surface area contributed by atoms with Gasteiger partial charge >= 0.3 is 12.0 Å². The number of carboxylic acid groups (broad SMARTS) is 1. The van der Waals surface area contributed by atoms with E-state index >= 15 is 0 Å². The van der Waals surface area contributed by atoms with E-state index in [-0.39, 0.29) is 11.4 Å². The van der Waals surface area contributed by atoms with E-state index in [1.54, 1.807) is 0 Å². The van der Waals surface area contributed by atoms with Crippen molar-refractivity contribution < 1.29 is 19.1 Å². The van der Waals surface area contributed by atoms with Crippen LogP contribution in [0, 0.1) is 5.82 Å². The second-order valence-corrected chi connectivity index (χ2v) is 3.79. The van der Waals surface area contributed by atoms with Gasteiger partial charge < -0.3 is 10.4 Å². The summed E-state index contributed by atoms with van der Waals surface area (Å²) in [6.45, 7) is 0. The fourth-order valence-electron chi connectivity index (χ4n) is 1.48. The molecule has 6 nitrogen and oxygen atoms in total. The number of benzene rings is 1. The number of rotatable bonds is 3. The maximum atomic E-state index is 12.7. The second kappa shape index (κ2) is 5.79. The van der Waals surface area contributed by atoms with Crippen LogP contribution in [0.2, 0.25) is 0 Å². The summed E-state index contributed by atoms with van der Waals surface area (Å²) in [5.74, 6) is -1.69. The molecule has 20 heavy (non-hydrogen) atoms. The maximum absolute atomic E-state index is 12.7. The third-order valence-electron chi connectivity index (χ3n) is 2.37. The zero-order valence-corrected chi connectivity index (χ0v) is 10.1. The van der Waals surface area contributed by atoms with Crippen molar-refractivity contribution in [3.63, 3.8) is 0 Å². The Hall–Kier alpha value is -2.96. The third kappa shape index (κ3) is 3.29. The van der Waals surface area contributed by atoms with Crippen molar-refractivity contribution >= 4 is 23.5 Å². The van der Waals surface area contributed by atoms with Crippen LogP contribution in [-0.4, -0.2) is 22.1 Å². The number of carboxylic acids is 1. The van der Waals surface area contributed by atoms with Crippen LogP contribution < -0.4 is 10.6 Å². The number of aromatic carboxylic acids is 1. The fourth-order valence-corrected chi connectivity index (χ4v) is 1.48. The highest BCUT2D eigenvalue weighted by Crippen LogP contribution is 2.13. The number of aromatic nitrogens is 1. The summed E-state index contributed by atoms with van der Waals surface area (Å²) in [6, 6.07) is 7.25. The van der Waals surface area contributed by atoms with Gasteiger partial charge in [0.2, 0.25) is 0 Å². The van der Waals surface area contributed by atoms with Crippen LogP contribution in [0.3, 0.4) is 0 Å². The molecule has 102 valence electrons. The minimum absolute atomic E-state index is 0.0698. The first kappa shape index (κ1) is 13.5. The Morgan fingerprint density at radius 2 is 1.80 bits per heavy atom. The molecule has 1 aromatic heterocycles. The standard InChI is InChI=1S/C13H10FN3O3/c14-8-3-5-9(6-4-8)16-13(20)17-11-10(12(18)19)2-1-7-15-11/h1-7H,(H,18,19)(H2,15,16,17,20). The number of urea groups is 1. The molecule has 0 atom stereocenters. The van der Waals surface area contributed by atoms with E-state index in [1.165, 1.54) is 42.6 Å². The summed E-state index contributed by atoms with van der Waals surface area (Å²) in [4.78, 5) is 26.4. The van der Waals surface area contributed by atoms with Gasteiger partial charge in [0.05, 0.1) is 0 Å². The summed E-state index contributed by atoms with van der Waals surface area (Å²) < 4.78 is 12.7. The van der Waals surface area contributed by atoms with Gasteiger partial charge in [0.15, 0.2) is 0 Å². The Kier molecular flexibility index (Phi) is 3.90. The number of amides is 2. The van der Waals surface area contributed by atoms with Crippen LogP contribution in [0.1, 0.15) is 10.4 Å². The van der Waals surface area contributed by atoms with Crippen molar-refractivity contribution in [2.45, 2.75) is 0 Å². The molecule has 3 N–H and O–H groups in total. The Morgan fingerprint density at radius 1 is 1.10 bits per heavy atom. The van der Waals surface area contributed by atoms with Crippen LogP contribution in [-0.2, 0) is 0 Å². The third-order valence-corrected chi connectivity index (χ3v) is 2.37. The number of carbonyl (C=O) groups is 2. The van der Waals surface area contributed by atoms with Crippen molar-refractivity contribution in [3.05, 3.63) is 54.0 Å². The summed E-state index contributed by atoms with van der Waals surface area (Å²) in [7, 11) is 0. The van der Waals surface area contributed by atoms with Gasteiger partial charge in [-0.15, -0.1) is 0 Å². The fraction of sp³-hybridized carbons (Fsp3) is 0. The molecule has 0 aliphatic rings. The van der Waals surface area contributed by atoms with E-state index in [0.29, 0.717) is 5.69 Å². The van der Waals surface area contributed by atoms with E-state index in [4.69, 9.17) is 5.11 Å². The van der Waals surface area contributed by atoms with E-state index in [2.05, 4.69) is 15.6 Å². The molecule has 2 aromatic rings. The second-order valence-electron chi connectivity index (χ2n) is 3.79. The van der Waals surface area contributed by atoms with Crippen LogP contribution in [0.25, 0.3) is 0 Å². The normalized spacial score (nSPS) is 9.85. The SMILES string of the molecule is O=C(Nc1ccc(F)cc1)Nc1ncccc1C(=O)O. The zero-order chi connectivity index (χ0) is 14.5. The minimum Gasteiger partial charge on any atom is -0.478 e. The smallest absolute Gasteiger partial charge is 0.339 e.